The van der Waals surface area contributed by atoms with Gasteiger partial charge in [0, 0.05) is 29.9 Å². The minimum Gasteiger partial charge on any atom is -0.294 e. The molecule has 3 heteroatoms. The van der Waals surface area contributed by atoms with E-state index in [0.717, 1.165) is 16.7 Å². The van der Waals surface area contributed by atoms with E-state index in [1.165, 1.54) is 6.33 Å². The highest BCUT2D eigenvalue weighted by Gasteiger charge is 2.04. The molecule has 0 aliphatic heterocycles. The van der Waals surface area contributed by atoms with Crippen LogP contribution in [0, 0.1) is 0 Å². The number of benzene rings is 1. The van der Waals surface area contributed by atoms with E-state index >= 15 is 0 Å². The Morgan fingerprint density at radius 3 is 2.62 bits per heavy atom. The van der Waals surface area contributed by atoms with Crippen LogP contribution in [0.2, 0.25) is 0 Å². The summed E-state index contributed by atoms with van der Waals surface area (Å²) in [6.45, 7) is 1.86. The van der Waals surface area contributed by atoms with Gasteiger partial charge in [0.15, 0.2) is 5.78 Å². The molecule has 0 aliphatic carbocycles. The maximum absolute atomic E-state index is 11.6. The minimum absolute atomic E-state index is 0.152. The van der Waals surface area contributed by atoms with E-state index < -0.39 is 0 Å². The van der Waals surface area contributed by atoms with Gasteiger partial charge >= 0.3 is 0 Å². The molecule has 2 rings (SSSR count). The Kier molecular flexibility index (Phi) is 3.05. The van der Waals surface area contributed by atoms with Crippen LogP contribution in [-0.2, 0) is 0 Å². The number of ketones is 1. The third kappa shape index (κ3) is 2.14. The maximum Gasteiger partial charge on any atom is 0.162 e. The van der Waals surface area contributed by atoms with Crippen molar-refractivity contribution in [2.75, 3.05) is 0 Å². The fourth-order valence-corrected chi connectivity index (χ4v) is 1.52. The summed E-state index contributed by atoms with van der Waals surface area (Å²) in [5.74, 6) is 0.152. The van der Waals surface area contributed by atoms with Crippen molar-refractivity contribution < 1.29 is 4.79 Å². The van der Waals surface area contributed by atoms with Crippen LogP contribution in [0.15, 0.2) is 43.0 Å². The van der Waals surface area contributed by atoms with Gasteiger partial charge in [-0.1, -0.05) is 25.1 Å². The number of rotatable bonds is 3. The zero-order valence-corrected chi connectivity index (χ0v) is 9.05. The van der Waals surface area contributed by atoms with E-state index in [1.807, 2.05) is 31.2 Å². The van der Waals surface area contributed by atoms with Gasteiger partial charge in [-0.3, -0.25) is 4.79 Å². The summed E-state index contributed by atoms with van der Waals surface area (Å²) in [5, 5.41) is 0. The van der Waals surface area contributed by atoms with Crippen LogP contribution in [0.4, 0.5) is 0 Å². The molecule has 0 unspecified atom stereocenters. The summed E-state index contributed by atoms with van der Waals surface area (Å²) in [5.41, 5.74) is 2.64. The first kappa shape index (κ1) is 10.5. The van der Waals surface area contributed by atoms with Gasteiger partial charge in [0.2, 0.25) is 0 Å². The number of hydrogen-bond donors (Lipinski definition) is 0. The van der Waals surface area contributed by atoms with Crippen LogP contribution < -0.4 is 0 Å². The highest BCUT2D eigenvalue weighted by molar-refractivity contribution is 5.96. The average Bonchev–Trinajstić information content (AvgIpc) is 2.39. The van der Waals surface area contributed by atoms with Crippen molar-refractivity contribution in [2.24, 2.45) is 0 Å². The summed E-state index contributed by atoms with van der Waals surface area (Å²) in [4.78, 5) is 19.5. The molecule has 2 aromatic rings. The second kappa shape index (κ2) is 4.66. The molecular formula is C13H12N2O. The summed E-state index contributed by atoms with van der Waals surface area (Å²) in [7, 11) is 0. The van der Waals surface area contributed by atoms with E-state index in [0.29, 0.717) is 6.42 Å². The second-order valence-electron chi connectivity index (χ2n) is 3.48. The van der Waals surface area contributed by atoms with Crippen molar-refractivity contribution >= 4 is 5.78 Å². The molecule has 0 bridgehead atoms. The monoisotopic (exact) mass is 212 g/mol. The van der Waals surface area contributed by atoms with Gasteiger partial charge in [0.1, 0.15) is 6.33 Å². The molecule has 0 spiro atoms. The van der Waals surface area contributed by atoms with Crippen molar-refractivity contribution in [1.82, 2.24) is 9.97 Å². The molecular weight excluding hydrogens is 200 g/mol. The zero-order chi connectivity index (χ0) is 11.4. The molecule has 80 valence electrons. The molecule has 0 N–H and O–H groups in total. The minimum atomic E-state index is 0.152. The Hall–Kier alpha value is -2.03. The van der Waals surface area contributed by atoms with Crippen molar-refractivity contribution in [1.29, 1.82) is 0 Å². The molecule has 0 saturated carbocycles. The van der Waals surface area contributed by atoms with Crippen molar-refractivity contribution in [3.05, 3.63) is 48.5 Å². The van der Waals surface area contributed by atoms with Crippen LogP contribution >= 0.6 is 0 Å². The number of Topliss-reactive ketones (excluding diaryl/α,β-unsaturated/α-hetero) is 1. The third-order valence-corrected chi connectivity index (χ3v) is 2.40. The van der Waals surface area contributed by atoms with E-state index in [4.69, 9.17) is 0 Å². The van der Waals surface area contributed by atoms with Gasteiger partial charge in [-0.15, -0.1) is 0 Å². The van der Waals surface area contributed by atoms with Crippen LogP contribution in [0.25, 0.3) is 11.1 Å². The van der Waals surface area contributed by atoms with Crippen molar-refractivity contribution in [3.63, 3.8) is 0 Å². The standard InChI is InChI=1S/C13H12N2O/c1-2-13(16)11-5-3-4-10(6-11)12-7-14-9-15-8-12/h3-9H,2H2,1H3. The number of carbonyl (C=O) groups excluding carboxylic acids is 1. The quantitative estimate of drug-likeness (QED) is 0.735. The van der Waals surface area contributed by atoms with E-state index in [9.17, 15) is 4.79 Å². The number of nitrogens with zero attached hydrogens (tertiary/aromatic N) is 2. The SMILES string of the molecule is CCC(=O)c1cccc(-c2cncnc2)c1. The molecule has 0 saturated heterocycles. The van der Waals surface area contributed by atoms with Crippen LogP contribution in [0.3, 0.4) is 0 Å². The first-order valence-corrected chi connectivity index (χ1v) is 5.20. The zero-order valence-electron chi connectivity index (χ0n) is 9.05. The molecule has 0 radical (unpaired) electrons. The second-order valence-corrected chi connectivity index (χ2v) is 3.48. The first-order chi connectivity index (χ1) is 7.81. The Morgan fingerprint density at radius 2 is 1.94 bits per heavy atom. The van der Waals surface area contributed by atoms with E-state index in [-0.39, 0.29) is 5.78 Å². The van der Waals surface area contributed by atoms with Gasteiger partial charge in [0.05, 0.1) is 0 Å². The van der Waals surface area contributed by atoms with Crippen molar-refractivity contribution in [2.45, 2.75) is 13.3 Å². The first-order valence-electron chi connectivity index (χ1n) is 5.20. The van der Waals surface area contributed by atoms with Crippen LogP contribution in [-0.4, -0.2) is 15.8 Å². The predicted octanol–water partition coefficient (Wildman–Crippen LogP) is 2.74. The molecule has 0 atom stereocenters. The highest BCUT2D eigenvalue weighted by atomic mass is 16.1. The fourth-order valence-electron chi connectivity index (χ4n) is 1.52. The maximum atomic E-state index is 11.6. The Morgan fingerprint density at radius 1 is 1.19 bits per heavy atom. The molecule has 16 heavy (non-hydrogen) atoms. The Labute approximate surface area is 94.2 Å². The van der Waals surface area contributed by atoms with Gasteiger partial charge in [-0.05, 0) is 11.6 Å². The lowest BCUT2D eigenvalue weighted by atomic mass is 10.0. The van der Waals surface area contributed by atoms with E-state index in [2.05, 4.69) is 9.97 Å². The van der Waals surface area contributed by atoms with Gasteiger partial charge < -0.3 is 0 Å². The molecule has 0 fully saturated rings. The van der Waals surface area contributed by atoms with Crippen molar-refractivity contribution in [3.8, 4) is 11.1 Å². The molecule has 0 amide bonds. The van der Waals surface area contributed by atoms with Gasteiger partial charge in [-0.2, -0.15) is 0 Å². The summed E-state index contributed by atoms with van der Waals surface area (Å²) < 4.78 is 0. The number of carbonyl (C=O) groups is 1. The molecule has 1 aromatic heterocycles. The lowest BCUT2D eigenvalue weighted by Crippen LogP contribution is -1.96. The molecule has 3 nitrogen and oxygen atoms in total. The normalized spacial score (nSPS) is 10.1. The summed E-state index contributed by atoms with van der Waals surface area (Å²) in [6.07, 6.45) is 5.49. The van der Waals surface area contributed by atoms with Gasteiger partial charge in [-0.25, -0.2) is 9.97 Å². The molecule has 1 aromatic carbocycles. The third-order valence-electron chi connectivity index (χ3n) is 2.40. The average molecular weight is 212 g/mol. The summed E-state index contributed by atoms with van der Waals surface area (Å²) >= 11 is 0. The Bertz CT molecular complexity index is 494. The Balaban J connectivity index is 2.40. The van der Waals surface area contributed by atoms with Crippen LogP contribution in [0.1, 0.15) is 23.7 Å². The van der Waals surface area contributed by atoms with Gasteiger partial charge in [0.25, 0.3) is 0 Å². The molecule has 0 aliphatic rings. The predicted molar refractivity (Wildman–Crippen MR) is 62.1 cm³/mol. The molecule has 1 heterocycles. The van der Waals surface area contributed by atoms with Crippen LogP contribution in [0.5, 0.6) is 0 Å². The highest BCUT2D eigenvalue weighted by Crippen LogP contribution is 2.19. The lowest BCUT2D eigenvalue weighted by Gasteiger charge is -2.02. The van der Waals surface area contributed by atoms with E-state index in [1.54, 1.807) is 12.4 Å². The number of aromatic nitrogens is 2. The topological polar surface area (TPSA) is 42.9 Å². The lowest BCUT2D eigenvalue weighted by molar-refractivity contribution is 0.0988. The largest absolute Gasteiger partial charge is 0.294 e. The number of hydrogen-bond acceptors (Lipinski definition) is 3. The fraction of sp³-hybridized carbons (Fsp3) is 0.154. The summed E-state index contributed by atoms with van der Waals surface area (Å²) in [6, 6.07) is 7.54. The smallest absolute Gasteiger partial charge is 0.162 e.